The molecule has 0 atom stereocenters. The zero-order valence-corrected chi connectivity index (χ0v) is 32.4. The smallest absolute Gasteiger partial charge is 0.252 e. The third-order valence-electron chi connectivity index (χ3n) is 11.6. The SMILES string of the molecule is c1ccc(Nc2cc3c(cc2-c2ccccc2)B2c4ccc(N(c5ccccc5)c5ccccc5)cc4N(c4ccccc4)c4cccc(c42)N3c2ccccc2)cc1. The van der Waals surface area contributed by atoms with E-state index in [1.54, 1.807) is 0 Å². The number of hydrogen-bond donors (Lipinski definition) is 1. The Balaban J connectivity index is 1.20. The van der Waals surface area contributed by atoms with Crippen LogP contribution in [0.4, 0.5) is 62.6 Å². The molecule has 0 fully saturated rings. The molecule has 5 heteroatoms. The average Bonchev–Trinajstić information content (AvgIpc) is 3.31. The predicted octanol–water partition coefficient (Wildman–Crippen LogP) is 12.6. The molecule has 0 radical (unpaired) electrons. The molecule has 0 saturated heterocycles. The molecule has 0 amide bonds. The van der Waals surface area contributed by atoms with Crippen molar-refractivity contribution in [2.45, 2.75) is 0 Å². The van der Waals surface area contributed by atoms with Crippen LogP contribution in [0.2, 0.25) is 0 Å². The molecule has 0 saturated carbocycles. The van der Waals surface area contributed by atoms with Gasteiger partial charge in [0.15, 0.2) is 0 Å². The van der Waals surface area contributed by atoms with E-state index in [9.17, 15) is 0 Å². The molecule has 2 aliphatic rings. The Morgan fingerprint density at radius 3 is 1.42 bits per heavy atom. The van der Waals surface area contributed by atoms with Crippen LogP contribution in [0, 0.1) is 0 Å². The van der Waals surface area contributed by atoms with E-state index in [4.69, 9.17) is 0 Å². The normalized spacial score (nSPS) is 12.3. The lowest BCUT2D eigenvalue weighted by Crippen LogP contribution is -2.61. The van der Waals surface area contributed by atoms with Gasteiger partial charge in [0, 0.05) is 68.1 Å². The van der Waals surface area contributed by atoms with Gasteiger partial charge >= 0.3 is 0 Å². The molecule has 2 heterocycles. The summed E-state index contributed by atoms with van der Waals surface area (Å²) in [7, 11) is 0. The Morgan fingerprint density at radius 1 is 0.373 bits per heavy atom. The van der Waals surface area contributed by atoms with Crippen LogP contribution in [0.3, 0.4) is 0 Å². The second-order valence-electron chi connectivity index (χ2n) is 15.0. The highest BCUT2D eigenvalue weighted by atomic mass is 15.2. The molecular weight excluding hydrogens is 715 g/mol. The zero-order chi connectivity index (χ0) is 39.1. The Labute approximate surface area is 346 Å². The molecule has 9 aromatic carbocycles. The first kappa shape index (κ1) is 34.5. The summed E-state index contributed by atoms with van der Waals surface area (Å²) >= 11 is 0. The van der Waals surface area contributed by atoms with Gasteiger partial charge in [0.1, 0.15) is 0 Å². The average molecular weight is 755 g/mol. The molecule has 9 aromatic rings. The molecule has 0 aromatic heterocycles. The van der Waals surface area contributed by atoms with Gasteiger partial charge < -0.3 is 20.0 Å². The summed E-state index contributed by atoms with van der Waals surface area (Å²) in [5.74, 6) is 0. The fourth-order valence-electron chi connectivity index (χ4n) is 9.05. The second kappa shape index (κ2) is 14.6. The first-order valence-corrected chi connectivity index (χ1v) is 20.2. The molecule has 0 bridgehead atoms. The minimum atomic E-state index is -0.0460. The van der Waals surface area contributed by atoms with Crippen molar-refractivity contribution in [3.8, 4) is 11.1 Å². The van der Waals surface area contributed by atoms with E-state index in [1.165, 1.54) is 27.8 Å². The van der Waals surface area contributed by atoms with Crippen LogP contribution in [-0.4, -0.2) is 6.71 Å². The third kappa shape index (κ3) is 6.03. The highest BCUT2D eigenvalue weighted by molar-refractivity contribution is 7.00. The Morgan fingerprint density at radius 2 is 0.864 bits per heavy atom. The molecule has 4 nitrogen and oxygen atoms in total. The fourth-order valence-corrected chi connectivity index (χ4v) is 9.05. The lowest BCUT2D eigenvalue weighted by Gasteiger charge is -2.44. The van der Waals surface area contributed by atoms with Crippen LogP contribution >= 0.6 is 0 Å². The van der Waals surface area contributed by atoms with Crippen LogP contribution in [-0.2, 0) is 0 Å². The highest BCUT2D eigenvalue weighted by Crippen LogP contribution is 2.47. The van der Waals surface area contributed by atoms with Crippen LogP contribution in [0.25, 0.3) is 11.1 Å². The van der Waals surface area contributed by atoms with Crippen molar-refractivity contribution in [1.82, 2.24) is 0 Å². The summed E-state index contributed by atoms with van der Waals surface area (Å²) in [6.07, 6.45) is 0. The van der Waals surface area contributed by atoms with E-state index in [-0.39, 0.29) is 6.71 Å². The fraction of sp³-hybridized carbons (Fsp3) is 0. The maximum absolute atomic E-state index is 3.83. The Hall–Kier alpha value is -7.76. The number of para-hydroxylation sites is 5. The van der Waals surface area contributed by atoms with E-state index in [0.717, 1.165) is 62.3 Å². The van der Waals surface area contributed by atoms with Crippen molar-refractivity contribution in [3.05, 3.63) is 231 Å². The molecule has 11 rings (SSSR count). The van der Waals surface area contributed by atoms with Gasteiger partial charge in [-0.05, 0) is 113 Å². The zero-order valence-electron chi connectivity index (χ0n) is 32.4. The molecule has 0 aliphatic carbocycles. The van der Waals surface area contributed by atoms with Gasteiger partial charge in [0.05, 0.1) is 0 Å². The second-order valence-corrected chi connectivity index (χ2v) is 15.0. The quantitative estimate of drug-likeness (QED) is 0.156. The summed E-state index contributed by atoms with van der Waals surface area (Å²) in [6, 6.07) is 83.0. The molecule has 278 valence electrons. The minimum absolute atomic E-state index is 0.0460. The molecule has 2 aliphatic heterocycles. The predicted molar refractivity (Wildman–Crippen MR) is 250 cm³/mol. The van der Waals surface area contributed by atoms with Crippen molar-refractivity contribution in [2.75, 3.05) is 20.0 Å². The standard InChI is InChI=1S/C54H39BN4/c1-7-20-39(21-8-1)46-37-48-53(38-49(46)56-40-22-9-2-10-23-40)59(44-30-17-6-18-31-44)51-33-19-32-50-54(51)55(48)47-35-34-45(36-52(47)58(50)43-28-15-5-16-29-43)57(41-24-11-3-12-25-41)42-26-13-4-14-27-42/h1-38,56H. The number of nitrogens with one attached hydrogen (secondary N) is 1. The van der Waals surface area contributed by atoms with Gasteiger partial charge in [0.25, 0.3) is 6.71 Å². The van der Waals surface area contributed by atoms with Gasteiger partial charge in [-0.15, -0.1) is 0 Å². The third-order valence-corrected chi connectivity index (χ3v) is 11.6. The number of fused-ring (bicyclic) bond motifs is 4. The van der Waals surface area contributed by atoms with Crippen molar-refractivity contribution < 1.29 is 0 Å². The van der Waals surface area contributed by atoms with Crippen molar-refractivity contribution in [3.63, 3.8) is 0 Å². The first-order valence-electron chi connectivity index (χ1n) is 20.2. The molecule has 1 N–H and O–H groups in total. The summed E-state index contributed by atoms with van der Waals surface area (Å²) in [6.45, 7) is -0.0460. The van der Waals surface area contributed by atoms with Gasteiger partial charge in [-0.2, -0.15) is 0 Å². The monoisotopic (exact) mass is 754 g/mol. The molecular formula is C54H39BN4. The summed E-state index contributed by atoms with van der Waals surface area (Å²) in [4.78, 5) is 7.29. The van der Waals surface area contributed by atoms with Crippen LogP contribution in [0.5, 0.6) is 0 Å². The van der Waals surface area contributed by atoms with E-state index in [0.29, 0.717) is 0 Å². The van der Waals surface area contributed by atoms with Crippen molar-refractivity contribution >= 4 is 85.7 Å². The van der Waals surface area contributed by atoms with Crippen LogP contribution in [0.1, 0.15) is 0 Å². The van der Waals surface area contributed by atoms with Crippen LogP contribution in [0.15, 0.2) is 231 Å². The largest absolute Gasteiger partial charge is 0.355 e. The molecule has 0 spiro atoms. The summed E-state index contributed by atoms with van der Waals surface area (Å²) < 4.78 is 0. The molecule has 0 unspecified atom stereocenters. The van der Waals surface area contributed by atoms with Gasteiger partial charge in [-0.3, -0.25) is 0 Å². The topological polar surface area (TPSA) is 21.8 Å². The van der Waals surface area contributed by atoms with Gasteiger partial charge in [-0.25, -0.2) is 0 Å². The maximum Gasteiger partial charge on any atom is 0.252 e. The van der Waals surface area contributed by atoms with Crippen molar-refractivity contribution in [2.24, 2.45) is 0 Å². The highest BCUT2D eigenvalue weighted by Gasteiger charge is 2.44. The molecule has 59 heavy (non-hydrogen) atoms. The van der Waals surface area contributed by atoms with E-state index >= 15 is 0 Å². The Bertz CT molecular complexity index is 2870. The maximum atomic E-state index is 3.83. The number of nitrogens with zero attached hydrogens (tertiary/aromatic N) is 3. The summed E-state index contributed by atoms with van der Waals surface area (Å²) in [5.41, 5.74) is 18.4. The van der Waals surface area contributed by atoms with Gasteiger partial charge in [-0.1, -0.05) is 140 Å². The number of hydrogen-bond acceptors (Lipinski definition) is 4. The number of rotatable bonds is 8. The van der Waals surface area contributed by atoms with Crippen molar-refractivity contribution in [1.29, 1.82) is 0 Å². The first-order chi connectivity index (χ1) is 29.3. The summed E-state index contributed by atoms with van der Waals surface area (Å²) in [5, 5.41) is 3.83. The lowest BCUT2D eigenvalue weighted by atomic mass is 9.33. The minimum Gasteiger partial charge on any atom is -0.355 e. The number of anilines is 11. The van der Waals surface area contributed by atoms with E-state index in [1.807, 2.05) is 0 Å². The van der Waals surface area contributed by atoms with E-state index in [2.05, 4.69) is 251 Å². The number of benzene rings is 9. The van der Waals surface area contributed by atoms with Gasteiger partial charge in [0.2, 0.25) is 0 Å². The lowest BCUT2D eigenvalue weighted by molar-refractivity contribution is 1.24. The van der Waals surface area contributed by atoms with Crippen LogP contribution < -0.4 is 36.4 Å². The van der Waals surface area contributed by atoms with E-state index < -0.39 is 0 Å². The Kier molecular flexibility index (Phi) is 8.56.